The topological polar surface area (TPSA) is 90.0 Å². The van der Waals surface area contributed by atoms with Gasteiger partial charge >= 0.3 is 0 Å². The van der Waals surface area contributed by atoms with Gasteiger partial charge in [-0.15, -0.1) is 0 Å². The number of hydrogen-bond donors (Lipinski definition) is 0. The lowest BCUT2D eigenvalue weighted by atomic mass is 9.96. The maximum Gasteiger partial charge on any atom is 0.256 e. The molecule has 2 aromatic rings. The predicted octanol–water partition coefficient (Wildman–Crippen LogP) is 1.53. The Morgan fingerprint density at radius 1 is 0.871 bits per heavy atom. The van der Waals surface area contributed by atoms with Gasteiger partial charge in [-0.3, -0.25) is 14.5 Å². The van der Waals surface area contributed by atoms with Crippen LogP contribution in [0.15, 0.2) is 48.5 Å². The van der Waals surface area contributed by atoms with Crippen LogP contribution in [0.4, 0.5) is 0 Å². The van der Waals surface area contributed by atoms with Gasteiger partial charge in [-0.2, -0.15) is 0 Å². The Bertz CT molecular complexity index is 992. The van der Waals surface area contributed by atoms with Gasteiger partial charge in [0, 0.05) is 37.1 Å². The molecule has 1 atom stereocenters. The third kappa shape index (κ3) is 3.93. The van der Waals surface area contributed by atoms with Crippen molar-refractivity contribution in [1.82, 2.24) is 9.80 Å². The number of carbonyl (C=O) groups excluding carboxylic acids is 3. The molecule has 7 heteroatoms. The van der Waals surface area contributed by atoms with E-state index in [0.29, 0.717) is 37.1 Å². The number of piperidine rings is 1. The molecule has 2 fully saturated rings. The summed E-state index contributed by atoms with van der Waals surface area (Å²) in [6, 6.07) is 13.2. The van der Waals surface area contributed by atoms with Crippen molar-refractivity contribution in [3.63, 3.8) is 0 Å². The van der Waals surface area contributed by atoms with Gasteiger partial charge in [-0.1, -0.05) is 35.4 Å². The number of carbonyl (C=O) groups is 3. The highest BCUT2D eigenvalue weighted by Gasteiger charge is 2.52. The quantitative estimate of drug-likeness (QED) is 0.750. The number of benzene rings is 2. The highest BCUT2D eigenvalue weighted by atomic mass is 16.5. The molecular weight excluding hydrogens is 396 g/mol. The molecule has 0 unspecified atom stereocenters. The zero-order chi connectivity index (χ0) is 22.2. The molecule has 0 saturated carbocycles. The smallest absolute Gasteiger partial charge is 0.256 e. The summed E-state index contributed by atoms with van der Waals surface area (Å²) >= 11 is 0. The van der Waals surface area contributed by atoms with Gasteiger partial charge in [-0.25, -0.2) is 0 Å². The van der Waals surface area contributed by atoms with E-state index < -0.39 is 23.6 Å². The van der Waals surface area contributed by atoms with E-state index in [0.717, 1.165) is 11.1 Å². The molecule has 0 N–H and O–H groups in total. The van der Waals surface area contributed by atoms with Crippen LogP contribution < -0.4 is 5.11 Å². The van der Waals surface area contributed by atoms with Crippen LogP contribution in [-0.2, 0) is 9.53 Å². The molecule has 4 rings (SSSR count). The molecule has 2 heterocycles. The van der Waals surface area contributed by atoms with E-state index in [1.165, 1.54) is 4.90 Å². The second kappa shape index (κ2) is 8.15. The molecule has 0 aromatic heterocycles. The maximum atomic E-state index is 13.3. The summed E-state index contributed by atoms with van der Waals surface area (Å²) in [7, 11) is 0. The third-order valence-corrected chi connectivity index (χ3v) is 6.18. The number of likely N-dealkylation sites (tertiary alicyclic amines) is 1. The second-order valence-corrected chi connectivity index (χ2v) is 8.29. The van der Waals surface area contributed by atoms with Gasteiger partial charge in [0.25, 0.3) is 11.8 Å². The van der Waals surface area contributed by atoms with Gasteiger partial charge < -0.3 is 19.5 Å². The minimum atomic E-state index is -1.34. The predicted molar refractivity (Wildman–Crippen MR) is 111 cm³/mol. The number of carboxylic acids is 1. The Balaban J connectivity index is 1.55. The monoisotopic (exact) mass is 421 g/mol. The highest BCUT2D eigenvalue weighted by Crippen LogP contribution is 2.38. The first-order valence-electron chi connectivity index (χ1n) is 10.4. The Labute approximate surface area is 181 Å². The summed E-state index contributed by atoms with van der Waals surface area (Å²) in [4.78, 5) is 41.0. The van der Waals surface area contributed by atoms with E-state index in [9.17, 15) is 19.5 Å². The van der Waals surface area contributed by atoms with Crippen molar-refractivity contribution in [2.75, 3.05) is 19.7 Å². The minimum Gasteiger partial charge on any atom is -0.548 e. The van der Waals surface area contributed by atoms with Crippen LogP contribution >= 0.6 is 0 Å². The van der Waals surface area contributed by atoms with Crippen LogP contribution in [0.2, 0.25) is 0 Å². The van der Waals surface area contributed by atoms with Crippen LogP contribution in [-0.4, -0.2) is 59.0 Å². The Morgan fingerprint density at radius 2 is 1.35 bits per heavy atom. The minimum absolute atomic E-state index is 0.0827. The number of rotatable bonds is 3. The Kier molecular flexibility index (Phi) is 5.54. The Morgan fingerprint density at radius 3 is 1.84 bits per heavy atom. The first kappa shape index (κ1) is 21.1. The fourth-order valence-corrected chi connectivity index (χ4v) is 4.32. The fraction of sp³-hybridized carbons (Fsp3) is 0.375. The van der Waals surface area contributed by atoms with E-state index in [1.807, 2.05) is 38.1 Å². The summed E-state index contributed by atoms with van der Waals surface area (Å²) in [5.41, 5.74) is 2.03. The number of aryl methyl sites for hydroxylation is 2. The van der Waals surface area contributed by atoms with E-state index in [2.05, 4.69) is 0 Å². The molecule has 0 aliphatic carbocycles. The van der Waals surface area contributed by atoms with E-state index in [1.54, 1.807) is 29.2 Å². The van der Waals surface area contributed by atoms with Gasteiger partial charge in [0.05, 0.1) is 18.6 Å². The second-order valence-electron chi connectivity index (χ2n) is 8.29. The maximum absolute atomic E-state index is 13.3. The molecule has 0 radical (unpaired) electrons. The van der Waals surface area contributed by atoms with E-state index in [4.69, 9.17) is 4.74 Å². The first-order chi connectivity index (χ1) is 14.8. The average molecular weight is 421 g/mol. The SMILES string of the molecule is Cc1ccc(C(=O)N2CCC3(CC2)OC[C@@H](C(=O)[O-])N3C(=O)c2ccc(C)cc2)cc1. The first-order valence-corrected chi connectivity index (χ1v) is 10.4. The van der Waals surface area contributed by atoms with Gasteiger partial charge in [-0.05, 0) is 38.1 Å². The van der Waals surface area contributed by atoms with Crippen LogP contribution in [0.1, 0.15) is 44.7 Å². The molecule has 2 aromatic carbocycles. The third-order valence-electron chi connectivity index (χ3n) is 6.18. The lowest BCUT2D eigenvalue weighted by Gasteiger charge is -2.45. The number of amides is 2. The Hall–Kier alpha value is -3.19. The molecule has 2 aliphatic rings. The zero-order valence-electron chi connectivity index (χ0n) is 17.7. The van der Waals surface area contributed by atoms with Crippen molar-refractivity contribution in [2.45, 2.75) is 38.5 Å². The van der Waals surface area contributed by atoms with Crippen molar-refractivity contribution < 1.29 is 24.2 Å². The summed E-state index contributed by atoms with van der Waals surface area (Å²) < 4.78 is 5.93. The number of hydrogen-bond acceptors (Lipinski definition) is 5. The van der Waals surface area contributed by atoms with Crippen molar-refractivity contribution in [1.29, 1.82) is 0 Å². The molecule has 2 saturated heterocycles. The number of aliphatic carboxylic acids is 1. The van der Waals surface area contributed by atoms with Crippen molar-refractivity contribution in [3.8, 4) is 0 Å². The highest BCUT2D eigenvalue weighted by molar-refractivity contribution is 5.97. The molecule has 2 aliphatic heterocycles. The normalized spacial score (nSPS) is 20.1. The van der Waals surface area contributed by atoms with Crippen molar-refractivity contribution >= 4 is 17.8 Å². The van der Waals surface area contributed by atoms with Crippen LogP contribution in [0.3, 0.4) is 0 Å². The summed E-state index contributed by atoms with van der Waals surface area (Å²) in [5.74, 6) is -1.82. The van der Waals surface area contributed by atoms with Crippen LogP contribution in [0.5, 0.6) is 0 Å². The molecule has 1 spiro atoms. The van der Waals surface area contributed by atoms with Crippen LogP contribution in [0.25, 0.3) is 0 Å². The molecule has 7 nitrogen and oxygen atoms in total. The molecule has 0 bridgehead atoms. The summed E-state index contributed by atoms with van der Waals surface area (Å²) in [5, 5.41) is 11.8. The molecule has 2 amide bonds. The lowest BCUT2D eigenvalue weighted by Crippen LogP contribution is -2.60. The van der Waals surface area contributed by atoms with Crippen molar-refractivity contribution in [3.05, 3.63) is 70.8 Å². The molecular formula is C24H25N2O5-. The van der Waals surface area contributed by atoms with Gasteiger partial charge in [0.2, 0.25) is 0 Å². The number of ether oxygens (including phenoxy) is 1. The molecule has 31 heavy (non-hydrogen) atoms. The average Bonchev–Trinajstić information content (AvgIpc) is 3.13. The standard InChI is InChI=1S/C24H26N2O5/c1-16-3-7-18(8-4-16)21(27)25-13-11-24(12-14-25)26(20(15-31-24)23(29)30)22(28)19-9-5-17(2)6-10-19/h3-10,20H,11-15H2,1-2H3,(H,29,30)/p-1/t20-/m0/s1. The lowest BCUT2D eigenvalue weighted by molar-refractivity contribution is -0.310. The summed E-state index contributed by atoms with van der Waals surface area (Å²) in [6.07, 6.45) is 0.679. The van der Waals surface area contributed by atoms with E-state index in [-0.39, 0.29) is 12.5 Å². The van der Waals surface area contributed by atoms with E-state index >= 15 is 0 Å². The zero-order valence-corrected chi connectivity index (χ0v) is 17.7. The van der Waals surface area contributed by atoms with Crippen molar-refractivity contribution in [2.24, 2.45) is 0 Å². The number of nitrogens with zero attached hydrogens (tertiary/aromatic N) is 2. The van der Waals surface area contributed by atoms with Gasteiger partial charge in [0.1, 0.15) is 5.72 Å². The summed E-state index contributed by atoms with van der Waals surface area (Å²) in [6.45, 7) is 4.49. The molecule has 162 valence electrons. The number of carboxylic acid groups (broad SMARTS) is 1. The van der Waals surface area contributed by atoms with Crippen LogP contribution in [0, 0.1) is 13.8 Å². The largest absolute Gasteiger partial charge is 0.548 e. The van der Waals surface area contributed by atoms with Gasteiger partial charge in [0.15, 0.2) is 0 Å². The fourth-order valence-electron chi connectivity index (χ4n) is 4.32.